The molecule has 0 N–H and O–H groups in total. The second-order valence-corrected chi connectivity index (χ2v) is 8.67. The molecule has 0 radical (unpaired) electrons. The predicted octanol–water partition coefficient (Wildman–Crippen LogP) is 6.65. The summed E-state index contributed by atoms with van der Waals surface area (Å²) in [5.41, 5.74) is 5.41. The number of para-hydroxylation sites is 1. The van der Waals surface area contributed by atoms with E-state index in [1.165, 1.54) is 43.7 Å². The summed E-state index contributed by atoms with van der Waals surface area (Å²) in [7, 11) is 0. The molecule has 0 saturated carbocycles. The van der Waals surface area contributed by atoms with Crippen LogP contribution in [0.2, 0.25) is 0 Å². The molecule has 2 heterocycles. The van der Waals surface area contributed by atoms with Crippen molar-refractivity contribution in [1.82, 2.24) is 4.57 Å². The van der Waals surface area contributed by atoms with Gasteiger partial charge in [0, 0.05) is 33.8 Å². The van der Waals surface area contributed by atoms with Crippen molar-refractivity contribution in [3.63, 3.8) is 0 Å². The molecule has 1 aliphatic heterocycles. The Kier molecular flexibility index (Phi) is 3.60. The van der Waals surface area contributed by atoms with Crippen molar-refractivity contribution in [2.45, 2.75) is 13.5 Å². The van der Waals surface area contributed by atoms with Crippen LogP contribution in [0, 0.1) is 5.41 Å². The molecule has 6 rings (SSSR count). The maximum atomic E-state index is 5.52. The first-order valence-electron chi connectivity index (χ1n) is 10.3. The summed E-state index contributed by atoms with van der Waals surface area (Å²) >= 11 is 0. The third-order valence-electron chi connectivity index (χ3n) is 6.31. The summed E-state index contributed by atoms with van der Waals surface area (Å²) in [5, 5.41) is 5.24. The number of hydrogen-bond acceptors (Lipinski definition) is 1. The summed E-state index contributed by atoms with van der Waals surface area (Å²) in [5.74, 6) is 0. The van der Waals surface area contributed by atoms with E-state index in [-0.39, 0.29) is 5.41 Å². The maximum Gasteiger partial charge on any atom is 0.0559 e. The Morgan fingerprint density at radius 3 is 2.31 bits per heavy atom. The summed E-state index contributed by atoms with van der Waals surface area (Å²) < 4.78 is 8.00. The minimum atomic E-state index is 0.225. The topological polar surface area (TPSA) is 14.2 Å². The summed E-state index contributed by atoms with van der Waals surface area (Å²) in [6.45, 7) is 5.00. The minimum Gasteiger partial charge on any atom is -0.380 e. The minimum absolute atomic E-state index is 0.225. The zero-order valence-electron chi connectivity index (χ0n) is 16.6. The first-order valence-corrected chi connectivity index (χ1v) is 10.3. The summed E-state index contributed by atoms with van der Waals surface area (Å²) in [6.07, 6.45) is 0. The average molecular weight is 377 g/mol. The fourth-order valence-electron chi connectivity index (χ4n) is 4.79. The highest BCUT2D eigenvalue weighted by Crippen LogP contribution is 2.38. The van der Waals surface area contributed by atoms with E-state index in [9.17, 15) is 0 Å². The zero-order valence-corrected chi connectivity index (χ0v) is 16.6. The van der Waals surface area contributed by atoms with Gasteiger partial charge in [0.25, 0.3) is 0 Å². The molecule has 1 aromatic heterocycles. The number of ether oxygens (including phenoxy) is 1. The highest BCUT2D eigenvalue weighted by atomic mass is 16.5. The first-order chi connectivity index (χ1) is 14.2. The van der Waals surface area contributed by atoms with Gasteiger partial charge in [0.05, 0.1) is 13.2 Å². The molecule has 0 amide bonds. The maximum absolute atomic E-state index is 5.52. The van der Waals surface area contributed by atoms with Crippen molar-refractivity contribution in [2.24, 2.45) is 5.41 Å². The van der Waals surface area contributed by atoms with E-state index in [0.717, 1.165) is 19.8 Å². The summed E-state index contributed by atoms with van der Waals surface area (Å²) in [4.78, 5) is 0. The van der Waals surface area contributed by atoms with E-state index in [1.54, 1.807) is 0 Å². The fraction of sp³-hybridized carbons (Fsp3) is 0.185. The Morgan fingerprint density at radius 1 is 0.759 bits per heavy atom. The Labute approximate surface area is 170 Å². The molecule has 0 aliphatic carbocycles. The molecule has 0 bridgehead atoms. The first kappa shape index (κ1) is 16.8. The van der Waals surface area contributed by atoms with Crippen LogP contribution in [0.25, 0.3) is 43.7 Å². The third kappa shape index (κ3) is 2.60. The van der Waals surface area contributed by atoms with Gasteiger partial charge < -0.3 is 9.30 Å². The molecular formula is C27H23NO. The largest absolute Gasteiger partial charge is 0.380 e. The van der Waals surface area contributed by atoms with Gasteiger partial charge in [-0.15, -0.1) is 0 Å². The van der Waals surface area contributed by atoms with Crippen LogP contribution < -0.4 is 0 Å². The van der Waals surface area contributed by atoms with Gasteiger partial charge in [0.2, 0.25) is 0 Å². The van der Waals surface area contributed by atoms with Crippen LogP contribution in [-0.2, 0) is 11.3 Å². The van der Waals surface area contributed by atoms with Crippen molar-refractivity contribution in [3.05, 3.63) is 84.9 Å². The molecular weight excluding hydrogens is 354 g/mol. The monoisotopic (exact) mass is 377 g/mol. The number of nitrogens with zero attached hydrogens (tertiary/aromatic N) is 1. The average Bonchev–Trinajstić information content (AvgIpc) is 3.05. The highest BCUT2D eigenvalue weighted by Gasteiger charge is 2.34. The van der Waals surface area contributed by atoms with Crippen molar-refractivity contribution in [1.29, 1.82) is 0 Å². The van der Waals surface area contributed by atoms with Crippen molar-refractivity contribution >= 4 is 32.6 Å². The molecule has 0 spiro atoms. The standard InChI is InChI=1S/C27H23NO/c1-27(17-29-18-27)16-28-25-12-5-4-10-23(25)24-15-20(13-14-26(24)28)22-11-6-8-19-7-2-3-9-21(19)22/h2-15H,16-18H2,1H3. The molecule has 0 atom stereocenters. The van der Waals surface area contributed by atoms with Crippen LogP contribution in [-0.4, -0.2) is 17.8 Å². The van der Waals surface area contributed by atoms with Gasteiger partial charge >= 0.3 is 0 Å². The smallest absolute Gasteiger partial charge is 0.0559 e. The lowest BCUT2D eigenvalue weighted by Crippen LogP contribution is -2.43. The normalized spacial score (nSPS) is 15.8. The Balaban J connectivity index is 1.59. The quantitative estimate of drug-likeness (QED) is 0.343. The second-order valence-electron chi connectivity index (χ2n) is 8.67. The Bertz CT molecular complexity index is 1370. The van der Waals surface area contributed by atoms with Gasteiger partial charge in [-0.25, -0.2) is 0 Å². The van der Waals surface area contributed by atoms with E-state index < -0.39 is 0 Å². The van der Waals surface area contributed by atoms with Crippen LogP contribution in [0.3, 0.4) is 0 Å². The molecule has 0 unspecified atom stereocenters. The zero-order chi connectivity index (χ0) is 19.4. The molecule has 1 aliphatic rings. The third-order valence-corrected chi connectivity index (χ3v) is 6.31. The Morgan fingerprint density at radius 2 is 1.48 bits per heavy atom. The van der Waals surface area contributed by atoms with Gasteiger partial charge in [-0.1, -0.05) is 73.7 Å². The molecule has 142 valence electrons. The molecule has 29 heavy (non-hydrogen) atoms. The second kappa shape index (κ2) is 6.20. The van der Waals surface area contributed by atoms with Gasteiger partial charge in [-0.3, -0.25) is 0 Å². The van der Waals surface area contributed by atoms with Crippen LogP contribution in [0.1, 0.15) is 6.92 Å². The SMILES string of the molecule is CC1(Cn2c3ccccc3c3cc(-c4cccc5ccccc45)ccc32)COC1. The van der Waals surface area contributed by atoms with E-state index in [4.69, 9.17) is 4.74 Å². The van der Waals surface area contributed by atoms with E-state index in [2.05, 4.69) is 96.4 Å². The molecule has 1 saturated heterocycles. The number of benzene rings is 4. The number of aromatic nitrogens is 1. The van der Waals surface area contributed by atoms with Gasteiger partial charge in [0.15, 0.2) is 0 Å². The summed E-state index contributed by atoms with van der Waals surface area (Å²) in [6, 6.07) is 30.9. The van der Waals surface area contributed by atoms with Crippen molar-refractivity contribution in [2.75, 3.05) is 13.2 Å². The number of hydrogen-bond donors (Lipinski definition) is 0. The van der Waals surface area contributed by atoms with Crippen molar-refractivity contribution < 1.29 is 4.74 Å². The van der Waals surface area contributed by atoms with Crippen LogP contribution in [0.4, 0.5) is 0 Å². The van der Waals surface area contributed by atoms with Crippen LogP contribution in [0.5, 0.6) is 0 Å². The number of rotatable bonds is 3. The van der Waals surface area contributed by atoms with E-state index in [0.29, 0.717) is 0 Å². The van der Waals surface area contributed by atoms with Gasteiger partial charge in [0.1, 0.15) is 0 Å². The predicted molar refractivity (Wildman–Crippen MR) is 121 cm³/mol. The van der Waals surface area contributed by atoms with E-state index >= 15 is 0 Å². The van der Waals surface area contributed by atoms with Crippen LogP contribution in [0.15, 0.2) is 84.9 Å². The lowest BCUT2D eigenvalue weighted by atomic mass is 9.88. The highest BCUT2D eigenvalue weighted by molar-refractivity contribution is 6.10. The van der Waals surface area contributed by atoms with Crippen molar-refractivity contribution in [3.8, 4) is 11.1 Å². The molecule has 2 nitrogen and oxygen atoms in total. The fourth-order valence-corrected chi connectivity index (χ4v) is 4.79. The van der Waals surface area contributed by atoms with Gasteiger partial charge in [-0.2, -0.15) is 0 Å². The molecule has 2 heteroatoms. The van der Waals surface area contributed by atoms with E-state index in [1.807, 2.05) is 0 Å². The Hall–Kier alpha value is -3.10. The lowest BCUT2D eigenvalue weighted by Gasteiger charge is -2.38. The molecule has 5 aromatic rings. The molecule has 4 aromatic carbocycles. The van der Waals surface area contributed by atoms with Crippen LogP contribution >= 0.6 is 0 Å². The number of fused-ring (bicyclic) bond motifs is 4. The molecule has 1 fully saturated rings. The van der Waals surface area contributed by atoms with Gasteiger partial charge in [-0.05, 0) is 40.1 Å². The lowest BCUT2D eigenvalue weighted by molar-refractivity contribution is -0.109.